The number of amides is 1. The summed E-state index contributed by atoms with van der Waals surface area (Å²) in [7, 11) is 1.80. The number of nitrogens with two attached hydrogens (primary N) is 1. The summed E-state index contributed by atoms with van der Waals surface area (Å²) in [5, 5.41) is 12.0. The minimum atomic E-state index is -0.260. The normalized spacial score (nSPS) is 12.2. The molecule has 20 heavy (non-hydrogen) atoms. The number of nitrogens with zero attached hydrogens (tertiary/aromatic N) is 4. The molecule has 1 amide bonds. The van der Waals surface area contributed by atoms with Crippen LogP contribution in [-0.4, -0.2) is 26.1 Å². The van der Waals surface area contributed by atoms with Crippen molar-refractivity contribution in [1.29, 1.82) is 0 Å². The van der Waals surface area contributed by atoms with Crippen molar-refractivity contribution >= 4 is 17.7 Å². The second-order valence-electron chi connectivity index (χ2n) is 4.35. The van der Waals surface area contributed by atoms with Crippen LogP contribution in [0, 0.1) is 0 Å². The molecule has 0 spiro atoms. The van der Waals surface area contributed by atoms with Gasteiger partial charge in [-0.3, -0.25) is 10.2 Å². The first-order chi connectivity index (χ1) is 9.61. The number of thioether (sulfide) groups is 1. The maximum atomic E-state index is 11.5. The molecule has 8 heteroatoms. The third-order valence-corrected chi connectivity index (χ3v) is 4.05. The third-order valence-electron chi connectivity index (χ3n) is 2.96. The van der Waals surface area contributed by atoms with E-state index in [9.17, 15) is 4.79 Å². The molecular formula is C12H16N6OS. The summed E-state index contributed by atoms with van der Waals surface area (Å²) in [5.41, 5.74) is 4.23. The summed E-state index contributed by atoms with van der Waals surface area (Å²) in [4.78, 5) is 11.5. The van der Waals surface area contributed by atoms with Crippen LogP contribution in [0.3, 0.4) is 0 Å². The van der Waals surface area contributed by atoms with Crippen LogP contribution >= 0.6 is 11.8 Å². The molecule has 1 atom stereocenters. The van der Waals surface area contributed by atoms with Gasteiger partial charge < -0.3 is 0 Å². The fraction of sp³-hybridized carbons (Fsp3) is 0.333. The number of hydrogen-bond acceptors (Lipinski definition) is 6. The Morgan fingerprint density at radius 1 is 1.45 bits per heavy atom. The quantitative estimate of drug-likeness (QED) is 0.362. The van der Waals surface area contributed by atoms with E-state index in [-0.39, 0.29) is 11.8 Å². The predicted octanol–water partition coefficient (Wildman–Crippen LogP) is 0.596. The molecule has 0 aliphatic heterocycles. The Labute approximate surface area is 120 Å². The Balaban J connectivity index is 1.98. The first-order valence-electron chi connectivity index (χ1n) is 6.06. The number of rotatable bonds is 5. The van der Waals surface area contributed by atoms with Crippen LogP contribution in [0.2, 0.25) is 0 Å². The van der Waals surface area contributed by atoms with Crippen molar-refractivity contribution in [2.45, 2.75) is 23.8 Å². The van der Waals surface area contributed by atoms with Crippen molar-refractivity contribution in [2.75, 3.05) is 0 Å². The maximum Gasteiger partial charge on any atom is 0.241 e. The highest BCUT2D eigenvalue weighted by molar-refractivity contribution is 7.98. The number of nitrogens with one attached hydrogen (secondary N) is 1. The molecule has 1 unspecified atom stereocenters. The topological polar surface area (TPSA) is 98.7 Å². The molecule has 2 rings (SSSR count). The van der Waals surface area contributed by atoms with Gasteiger partial charge in [0.15, 0.2) is 0 Å². The van der Waals surface area contributed by atoms with Gasteiger partial charge >= 0.3 is 0 Å². The second-order valence-corrected chi connectivity index (χ2v) is 5.29. The van der Waals surface area contributed by atoms with Gasteiger partial charge in [0.25, 0.3) is 0 Å². The van der Waals surface area contributed by atoms with Gasteiger partial charge in [0.05, 0.1) is 5.92 Å². The highest BCUT2D eigenvalue weighted by Gasteiger charge is 2.13. The average molecular weight is 292 g/mol. The van der Waals surface area contributed by atoms with Crippen molar-refractivity contribution in [1.82, 2.24) is 25.6 Å². The van der Waals surface area contributed by atoms with Gasteiger partial charge in [0.1, 0.15) is 0 Å². The number of hydrazine groups is 1. The molecular weight excluding hydrogens is 276 g/mol. The van der Waals surface area contributed by atoms with Crippen LogP contribution in [0.5, 0.6) is 0 Å². The molecule has 1 aromatic heterocycles. The van der Waals surface area contributed by atoms with E-state index >= 15 is 0 Å². The van der Waals surface area contributed by atoms with Crippen LogP contribution in [0.25, 0.3) is 0 Å². The van der Waals surface area contributed by atoms with Crippen molar-refractivity contribution in [3.63, 3.8) is 0 Å². The zero-order valence-corrected chi connectivity index (χ0v) is 12.1. The standard InChI is InChI=1S/C12H16N6OS/c1-8(11(19)14-13)10-5-3-9(4-6-10)7-20-12-15-16-17-18(12)2/h3-6,8H,7,13H2,1-2H3,(H,14,19). The maximum absolute atomic E-state index is 11.5. The van der Waals surface area contributed by atoms with Gasteiger partial charge in [-0.1, -0.05) is 36.0 Å². The monoisotopic (exact) mass is 292 g/mol. The molecule has 7 nitrogen and oxygen atoms in total. The lowest BCUT2D eigenvalue weighted by molar-refractivity contribution is -0.122. The first kappa shape index (κ1) is 14.5. The van der Waals surface area contributed by atoms with Gasteiger partial charge in [-0.15, -0.1) is 5.10 Å². The molecule has 0 saturated carbocycles. The molecule has 3 N–H and O–H groups in total. The van der Waals surface area contributed by atoms with Gasteiger partial charge in [-0.2, -0.15) is 0 Å². The lowest BCUT2D eigenvalue weighted by Gasteiger charge is -2.10. The summed E-state index contributed by atoms with van der Waals surface area (Å²) in [5.74, 6) is 5.45. The average Bonchev–Trinajstić information content (AvgIpc) is 2.89. The molecule has 0 bridgehead atoms. The van der Waals surface area contributed by atoms with Crippen molar-refractivity contribution in [3.8, 4) is 0 Å². The van der Waals surface area contributed by atoms with E-state index in [1.807, 2.05) is 31.2 Å². The molecule has 1 heterocycles. The number of carbonyl (C=O) groups excluding carboxylic acids is 1. The van der Waals surface area contributed by atoms with E-state index in [0.29, 0.717) is 0 Å². The summed E-state index contributed by atoms with van der Waals surface area (Å²) in [6.45, 7) is 1.82. The van der Waals surface area contributed by atoms with E-state index < -0.39 is 0 Å². The molecule has 0 aliphatic rings. The number of aryl methyl sites for hydroxylation is 1. The lowest BCUT2D eigenvalue weighted by Crippen LogP contribution is -2.33. The molecule has 1 aromatic carbocycles. The Morgan fingerprint density at radius 3 is 2.70 bits per heavy atom. The zero-order chi connectivity index (χ0) is 14.5. The van der Waals surface area contributed by atoms with Crippen molar-refractivity contribution < 1.29 is 4.79 Å². The van der Waals surface area contributed by atoms with E-state index in [2.05, 4.69) is 21.0 Å². The lowest BCUT2D eigenvalue weighted by atomic mass is 10.00. The van der Waals surface area contributed by atoms with E-state index in [1.54, 1.807) is 23.5 Å². The van der Waals surface area contributed by atoms with Crippen LogP contribution in [0.4, 0.5) is 0 Å². The summed E-state index contributed by atoms with van der Waals surface area (Å²) >= 11 is 1.56. The second kappa shape index (κ2) is 6.49. The van der Waals surface area contributed by atoms with Gasteiger partial charge in [0, 0.05) is 12.8 Å². The number of aromatic nitrogens is 4. The van der Waals surface area contributed by atoms with Gasteiger partial charge in [0.2, 0.25) is 11.1 Å². The summed E-state index contributed by atoms with van der Waals surface area (Å²) in [6, 6.07) is 7.86. The smallest absolute Gasteiger partial charge is 0.241 e. The molecule has 0 aliphatic carbocycles. The number of carbonyl (C=O) groups is 1. The highest BCUT2D eigenvalue weighted by Crippen LogP contribution is 2.21. The Hall–Kier alpha value is -1.93. The highest BCUT2D eigenvalue weighted by atomic mass is 32.2. The molecule has 2 aromatic rings. The van der Waals surface area contributed by atoms with Crippen molar-refractivity contribution in [3.05, 3.63) is 35.4 Å². The van der Waals surface area contributed by atoms with Crippen LogP contribution in [0.15, 0.2) is 29.4 Å². The van der Waals surface area contributed by atoms with E-state index in [1.165, 1.54) is 0 Å². The fourth-order valence-corrected chi connectivity index (χ4v) is 2.48. The van der Waals surface area contributed by atoms with Gasteiger partial charge in [-0.25, -0.2) is 10.5 Å². The fourth-order valence-electron chi connectivity index (χ4n) is 1.67. The summed E-state index contributed by atoms with van der Waals surface area (Å²) in [6.07, 6.45) is 0. The van der Waals surface area contributed by atoms with Gasteiger partial charge in [-0.05, 0) is 28.5 Å². The molecule has 0 radical (unpaired) electrons. The van der Waals surface area contributed by atoms with E-state index in [4.69, 9.17) is 5.84 Å². The summed E-state index contributed by atoms with van der Waals surface area (Å²) < 4.78 is 1.63. The number of benzene rings is 1. The predicted molar refractivity (Wildman–Crippen MR) is 75.5 cm³/mol. The minimum absolute atomic E-state index is 0.197. The van der Waals surface area contributed by atoms with E-state index in [0.717, 1.165) is 22.0 Å². The van der Waals surface area contributed by atoms with Crippen molar-refractivity contribution in [2.24, 2.45) is 12.9 Å². The number of tetrazole rings is 1. The Kier molecular flexibility index (Phi) is 4.70. The Bertz CT molecular complexity index is 582. The Morgan fingerprint density at radius 2 is 2.15 bits per heavy atom. The molecule has 0 fully saturated rings. The number of hydrogen-bond donors (Lipinski definition) is 2. The van der Waals surface area contributed by atoms with Crippen LogP contribution < -0.4 is 11.3 Å². The zero-order valence-electron chi connectivity index (χ0n) is 11.3. The molecule has 106 valence electrons. The van der Waals surface area contributed by atoms with Crippen LogP contribution in [-0.2, 0) is 17.6 Å². The molecule has 0 saturated heterocycles. The third kappa shape index (κ3) is 3.34. The minimum Gasteiger partial charge on any atom is -0.294 e. The largest absolute Gasteiger partial charge is 0.294 e. The van der Waals surface area contributed by atoms with Crippen LogP contribution in [0.1, 0.15) is 24.0 Å². The SMILES string of the molecule is CC(C(=O)NN)c1ccc(CSc2nnnn2C)cc1. The first-order valence-corrected chi connectivity index (χ1v) is 7.05.